The van der Waals surface area contributed by atoms with Crippen molar-refractivity contribution in [3.05, 3.63) is 89.0 Å². The van der Waals surface area contributed by atoms with Crippen molar-refractivity contribution in [1.82, 2.24) is 5.32 Å². The molecule has 2 amide bonds. The molecule has 0 saturated heterocycles. The number of anilines is 1. The van der Waals surface area contributed by atoms with Crippen LogP contribution < -0.4 is 10.6 Å². The van der Waals surface area contributed by atoms with Crippen LogP contribution in [-0.4, -0.2) is 36.2 Å². The summed E-state index contributed by atoms with van der Waals surface area (Å²) in [7, 11) is 0. The summed E-state index contributed by atoms with van der Waals surface area (Å²) < 4.78 is 5.49. The summed E-state index contributed by atoms with van der Waals surface area (Å²) in [5, 5.41) is 14.7. The van der Waals surface area contributed by atoms with E-state index in [-0.39, 0.29) is 42.6 Å². The first-order valence-electron chi connectivity index (χ1n) is 11.7. The predicted molar refractivity (Wildman–Crippen MR) is 134 cm³/mol. The quantitative estimate of drug-likeness (QED) is 0.371. The van der Waals surface area contributed by atoms with Gasteiger partial charge in [-0.3, -0.25) is 4.79 Å². The van der Waals surface area contributed by atoms with Crippen molar-refractivity contribution in [2.24, 2.45) is 0 Å². The molecule has 4 rings (SSSR count). The van der Waals surface area contributed by atoms with Gasteiger partial charge in [0.1, 0.15) is 6.61 Å². The Morgan fingerprint density at radius 3 is 2.23 bits per heavy atom. The summed E-state index contributed by atoms with van der Waals surface area (Å²) in [5.74, 6) is -1.42. The zero-order valence-corrected chi connectivity index (χ0v) is 19.5. The second-order valence-electron chi connectivity index (χ2n) is 8.44. The largest absolute Gasteiger partial charge is 0.478 e. The van der Waals surface area contributed by atoms with Crippen LogP contribution >= 0.6 is 0 Å². The van der Waals surface area contributed by atoms with E-state index in [1.54, 1.807) is 18.2 Å². The van der Waals surface area contributed by atoms with Gasteiger partial charge in [0.15, 0.2) is 0 Å². The lowest BCUT2D eigenvalue weighted by Gasteiger charge is -2.14. The lowest BCUT2D eigenvalue weighted by molar-refractivity contribution is -0.116. The number of carboxylic acids is 1. The van der Waals surface area contributed by atoms with E-state index >= 15 is 0 Å². The van der Waals surface area contributed by atoms with Crippen LogP contribution in [0.5, 0.6) is 0 Å². The minimum Gasteiger partial charge on any atom is -0.478 e. The van der Waals surface area contributed by atoms with Crippen LogP contribution in [0.25, 0.3) is 11.1 Å². The predicted octanol–water partition coefficient (Wildman–Crippen LogP) is 5.20. The van der Waals surface area contributed by atoms with E-state index in [2.05, 4.69) is 34.9 Å². The van der Waals surface area contributed by atoms with E-state index < -0.39 is 12.1 Å². The molecule has 0 aromatic heterocycles. The molecule has 1 aliphatic rings. The standard InChI is InChI=1S/C28H28N2O5/c1-2-18-13-14-25(23(16-18)27(32)33)30-26(31)12-7-15-29-28(34)35-17-24-21-10-5-3-8-19(21)20-9-4-6-11-22(20)24/h3-6,8-11,13-14,16,24H,2,7,12,15,17H2,1H3,(H,29,34)(H,30,31)(H,32,33). The number of carboxylic acid groups (broad SMARTS) is 1. The van der Waals surface area contributed by atoms with E-state index in [1.165, 1.54) is 11.1 Å². The molecule has 0 saturated carbocycles. The highest BCUT2D eigenvalue weighted by atomic mass is 16.5. The van der Waals surface area contributed by atoms with Gasteiger partial charge in [0.25, 0.3) is 0 Å². The van der Waals surface area contributed by atoms with Gasteiger partial charge in [-0.2, -0.15) is 0 Å². The maximum absolute atomic E-state index is 12.3. The molecule has 0 bridgehead atoms. The summed E-state index contributed by atoms with van der Waals surface area (Å²) >= 11 is 0. The Bertz CT molecular complexity index is 1210. The first-order valence-corrected chi connectivity index (χ1v) is 11.7. The number of hydrogen-bond acceptors (Lipinski definition) is 4. The van der Waals surface area contributed by atoms with Gasteiger partial charge in [-0.1, -0.05) is 61.5 Å². The van der Waals surface area contributed by atoms with Gasteiger partial charge in [-0.05, 0) is 52.8 Å². The van der Waals surface area contributed by atoms with Crippen molar-refractivity contribution in [3.8, 4) is 11.1 Å². The second kappa shape index (κ2) is 10.9. The molecule has 3 N–H and O–H groups in total. The number of benzene rings is 3. The van der Waals surface area contributed by atoms with Crippen LogP contribution in [0, 0.1) is 0 Å². The molecule has 7 heteroatoms. The van der Waals surface area contributed by atoms with Crippen molar-refractivity contribution in [2.75, 3.05) is 18.5 Å². The number of fused-ring (bicyclic) bond motifs is 3. The summed E-state index contributed by atoms with van der Waals surface area (Å²) in [6, 6.07) is 21.2. The maximum atomic E-state index is 12.3. The van der Waals surface area contributed by atoms with Crippen LogP contribution in [0.1, 0.15) is 52.7 Å². The SMILES string of the molecule is CCc1ccc(NC(=O)CCCNC(=O)OCC2c3ccccc3-c3ccccc32)c(C(=O)O)c1. The number of amides is 2. The van der Waals surface area contributed by atoms with Gasteiger partial charge in [-0.15, -0.1) is 0 Å². The molecule has 0 fully saturated rings. The second-order valence-corrected chi connectivity index (χ2v) is 8.44. The Balaban J connectivity index is 1.23. The van der Waals surface area contributed by atoms with E-state index in [1.807, 2.05) is 31.2 Å². The van der Waals surface area contributed by atoms with Crippen molar-refractivity contribution in [3.63, 3.8) is 0 Å². The topological polar surface area (TPSA) is 105 Å². The third-order valence-electron chi connectivity index (χ3n) is 6.19. The average Bonchev–Trinajstić information content (AvgIpc) is 3.19. The molecule has 0 unspecified atom stereocenters. The molecule has 7 nitrogen and oxygen atoms in total. The Morgan fingerprint density at radius 2 is 1.60 bits per heavy atom. The molecule has 0 aliphatic heterocycles. The fourth-order valence-electron chi connectivity index (χ4n) is 4.40. The monoisotopic (exact) mass is 472 g/mol. The third-order valence-corrected chi connectivity index (χ3v) is 6.19. The fraction of sp³-hybridized carbons (Fsp3) is 0.250. The number of nitrogens with one attached hydrogen (secondary N) is 2. The molecular weight excluding hydrogens is 444 g/mol. The van der Waals surface area contributed by atoms with Crippen molar-refractivity contribution in [1.29, 1.82) is 0 Å². The third kappa shape index (κ3) is 5.51. The average molecular weight is 473 g/mol. The summed E-state index contributed by atoms with van der Waals surface area (Å²) in [6.07, 6.45) is 0.704. The molecular formula is C28H28N2O5. The normalized spacial score (nSPS) is 11.9. The van der Waals surface area contributed by atoms with Gasteiger partial charge >= 0.3 is 12.1 Å². The molecule has 1 aliphatic carbocycles. The highest BCUT2D eigenvalue weighted by Crippen LogP contribution is 2.44. The fourth-order valence-corrected chi connectivity index (χ4v) is 4.40. The maximum Gasteiger partial charge on any atom is 0.407 e. The van der Waals surface area contributed by atoms with Gasteiger partial charge in [0.05, 0.1) is 11.3 Å². The number of ether oxygens (including phenoxy) is 1. The molecule has 0 heterocycles. The molecule has 180 valence electrons. The van der Waals surface area contributed by atoms with Gasteiger partial charge in [0.2, 0.25) is 5.91 Å². The van der Waals surface area contributed by atoms with Crippen molar-refractivity contribution < 1.29 is 24.2 Å². The van der Waals surface area contributed by atoms with E-state index in [9.17, 15) is 19.5 Å². The van der Waals surface area contributed by atoms with Crippen LogP contribution in [0.15, 0.2) is 66.7 Å². The summed E-state index contributed by atoms with van der Waals surface area (Å²) in [4.78, 5) is 36.0. The molecule has 0 radical (unpaired) electrons. The van der Waals surface area contributed by atoms with Crippen molar-refractivity contribution >= 4 is 23.7 Å². The van der Waals surface area contributed by atoms with Crippen LogP contribution in [0.3, 0.4) is 0 Å². The number of hydrogen-bond donors (Lipinski definition) is 3. The molecule has 0 atom stereocenters. The van der Waals surface area contributed by atoms with Crippen LogP contribution in [-0.2, 0) is 16.0 Å². The highest BCUT2D eigenvalue weighted by molar-refractivity contribution is 6.00. The van der Waals surface area contributed by atoms with Gasteiger partial charge in [0, 0.05) is 18.9 Å². The molecule has 3 aromatic carbocycles. The molecule has 0 spiro atoms. The Kier molecular flexibility index (Phi) is 7.45. The number of alkyl carbamates (subject to hydrolysis) is 1. The van der Waals surface area contributed by atoms with E-state index in [0.29, 0.717) is 12.8 Å². The number of carbonyl (C=O) groups is 3. The van der Waals surface area contributed by atoms with Gasteiger partial charge in [-0.25, -0.2) is 9.59 Å². The molecule has 35 heavy (non-hydrogen) atoms. The first-order chi connectivity index (χ1) is 17.0. The minimum absolute atomic E-state index is 0.0125. The molecule has 3 aromatic rings. The van der Waals surface area contributed by atoms with E-state index in [4.69, 9.17) is 4.74 Å². The zero-order chi connectivity index (χ0) is 24.8. The Hall–Kier alpha value is -4.13. The van der Waals surface area contributed by atoms with Crippen LogP contribution in [0.2, 0.25) is 0 Å². The Morgan fingerprint density at radius 1 is 0.943 bits per heavy atom. The summed E-state index contributed by atoms with van der Waals surface area (Å²) in [6.45, 7) is 2.43. The van der Waals surface area contributed by atoms with Crippen molar-refractivity contribution in [2.45, 2.75) is 32.1 Å². The smallest absolute Gasteiger partial charge is 0.407 e. The lowest BCUT2D eigenvalue weighted by atomic mass is 9.98. The summed E-state index contributed by atoms with van der Waals surface area (Å²) in [5.41, 5.74) is 5.83. The minimum atomic E-state index is -1.09. The highest BCUT2D eigenvalue weighted by Gasteiger charge is 2.28. The zero-order valence-electron chi connectivity index (χ0n) is 19.5. The number of carbonyl (C=O) groups excluding carboxylic acids is 2. The van der Waals surface area contributed by atoms with Crippen LogP contribution in [0.4, 0.5) is 10.5 Å². The number of aromatic carboxylic acids is 1. The first kappa shape index (κ1) is 24.0. The van der Waals surface area contributed by atoms with Gasteiger partial charge < -0.3 is 20.5 Å². The number of aryl methyl sites for hydroxylation is 1. The Labute approximate surface area is 204 Å². The van der Waals surface area contributed by atoms with E-state index in [0.717, 1.165) is 16.7 Å². The number of rotatable bonds is 9. The lowest BCUT2D eigenvalue weighted by Crippen LogP contribution is -2.27.